The van der Waals surface area contributed by atoms with Gasteiger partial charge < -0.3 is 29.7 Å². The molecule has 2 bridgehead atoms. The second-order valence-corrected chi connectivity index (χ2v) is 15.1. The van der Waals surface area contributed by atoms with E-state index in [9.17, 15) is 19.5 Å². The van der Waals surface area contributed by atoms with E-state index in [1.807, 2.05) is 76.2 Å². The number of fused-ring (bicyclic) bond motifs is 1. The zero-order valence-electron chi connectivity index (χ0n) is 29.2. The Morgan fingerprint density at radius 1 is 1.16 bits per heavy atom. The topological polar surface area (TPSA) is 125 Å². The largest absolute Gasteiger partial charge is 0.463 e. The lowest BCUT2D eigenvalue weighted by Crippen LogP contribution is -2.60. The van der Waals surface area contributed by atoms with Crippen molar-refractivity contribution in [3.63, 3.8) is 0 Å². The molecule has 268 valence electrons. The maximum Gasteiger partial charge on any atom is 0.306 e. The molecule has 0 radical (unpaired) electrons. The highest BCUT2D eigenvalue weighted by atomic mass is 79.9. The Bertz CT molecular complexity index is 1620. The minimum atomic E-state index is -1.34. The van der Waals surface area contributed by atoms with E-state index >= 15 is 4.79 Å². The van der Waals surface area contributed by atoms with Crippen LogP contribution in [0.2, 0.25) is 0 Å². The summed E-state index contributed by atoms with van der Waals surface area (Å²) in [5.74, 6) is -3.75. The van der Waals surface area contributed by atoms with Crippen molar-refractivity contribution in [2.45, 2.75) is 81.6 Å². The number of likely N-dealkylation sites (tertiary alicyclic amines) is 1. The van der Waals surface area contributed by atoms with Gasteiger partial charge in [-0.05, 0) is 55.4 Å². The third kappa shape index (κ3) is 6.92. The number of amides is 3. The summed E-state index contributed by atoms with van der Waals surface area (Å²) in [5, 5.41) is 13.7. The van der Waals surface area contributed by atoms with Crippen LogP contribution < -0.4 is 10.2 Å². The number of aliphatic hydroxyl groups excluding tert-OH is 1. The van der Waals surface area contributed by atoms with Crippen LogP contribution in [0.4, 0.5) is 5.69 Å². The van der Waals surface area contributed by atoms with Gasteiger partial charge in [0.25, 0.3) is 5.91 Å². The zero-order valence-corrected chi connectivity index (χ0v) is 30.8. The van der Waals surface area contributed by atoms with Gasteiger partial charge in [0, 0.05) is 23.5 Å². The van der Waals surface area contributed by atoms with E-state index in [1.54, 1.807) is 17.1 Å². The van der Waals surface area contributed by atoms with E-state index in [2.05, 4.69) is 34.4 Å². The van der Waals surface area contributed by atoms with E-state index in [0.717, 1.165) is 16.7 Å². The number of hydrogen-bond donors (Lipinski definition) is 2. The number of allylic oxidation sites excluding steroid dienone is 1. The van der Waals surface area contributed by atoms with Gasteiger partial charge in [-0.25, -0.2) is 0 Å². The summed E-state index contributed by atoms with van der Waals surface area (Å²) in [5.41, 5.74) is 1.93. The molecule has 2 N–H and O–H groups in total. The Balaban J connectivity index is 1.54. The SMILES string of the molecule is C=CCCC(=O)OC[C@H](NC(=O)[C@H]1[C@@H]2O[C@@]3(CC2Br)[C@@H]1C(=O)N([C@@H](CO)C(C)C)[C@@H]3C(=O)N(CC=C)c1cc(C)ccc1C)c1ccccc1. The molecule has 0 aromatic heterocycles. The molecule has 3 aliphatic heterocycles. The van der Waals surface area contributed by atoms with Crippen molar-refractivity contribution in [2.75, 3.05) is 24.7 Å². The fourth-order valence-corrected chi connectivity index (χ4v) is 8.80. The van der Waals surface area contributed by atoms with Crippen molar-refractivity contribution in [3.05, 3.63) is 90.5 Å². The Morgan fingerprint density at radius 2 is 1.88 bits per heavy atom. The number of esters is 1. The molecule has 8 atom stereocenters. The van der Waals surface area contributed by atoms with Crippen molar-refractivity contribution < 1.29 is 33.8 Å². The smallest absolute Gasteiger partial charge is 0.306 e. The molecule has 11 heteroatoms. The van der Waals surface area contributed by atoms with Crippen molar-refractivity contribution in [2.24, 2.45) is 17.8 Å². The number of rotatable bonds is 15. The van der Waals surface area contributed by atoms with Gasteiger partial charge in [0.1, 0.15) is 18.2 Å². The third-order valence-electron chi connectivity index (χ3n) is 10.3. The molecule has 1 unspecified atom stereocenters. The van der Waals surface area contributed by atoms with Gasteiger partial charge in [-0.3, -0.25) is 19.2 Å². The van der Waals surface area contributed by atoms with Crippen LogP contribution in [0, 0.1) is 31.6 Å². The van der Waals surface area contributed by atoms with Crippen LogP contribution in [-0.4, -0.2) is 82.1 Å². The predicted molar refractivity (Wildman–Crippen MR) is 194 cm³/mol. The van der Waals surface area contributed by atoms with Crippen LogP contribution in [0.3, 0.4) is 0 Å². The summed E-state index contributed by atoms with van der Waals surface area (Å²) in [6, 6.07) is 12.5. The third-order valence-corrected chi connectivity index (χ3v) is 11.1. The molecule has 3 fully saturated rings. The van der Waals surface area contributed by atoms with E-state index in [0.29, 0.717) is 18.5 Å². The summed E-state index contributed by atoms with van der Waals surface area (Å²) in [6.07, 6.45) is 3.54. The number of hydrogen-bond acceptors (Lipinski definition) is 7. The first kappa shape index (κ1) is 37.5. The second-order valence-electron chi connectivity index (χ2n) is 13.9. The van der Waals surface area contributed by atoms with Gasteiger partial charge in [0.05, 0.1) is 36.6 Å². The monoisotopic (exact) mass is 749 g/mol. The van der Waals surface area contributed by atoms with Crippen molar-refractivity contribution >= 4 is 45.3 Å². The number of nitrogens with zero attached hydrogens (tertiary/aromatic N) is 2. The molecule has 2 aromatic rings. The highest BCUT2D eigenvalue weighted by Crippen LogP contribution is 2.61. The predicted octanol–water partition coefficient (Wildman–Crippen LogP) is 4.95. The molecule has 10 nitrogen and oxygen atoms in total. The number of benzene rings is 2. The Kier molecular flexibility index (Phi) is 11.7. The first-order valence-corrected chi connectivity index (χ1v) is 18.2. The van der Waals surface area contributed by atoms with E-state index in [1.165, 1.54) is 4.90 Å². The Hall–Kier alpha value is -3.80. The number of anilines is 1. The van der Waals surface area contributed by atoms with E-state index in [-0.39, 0.29) is 42.8 Å². The van der Waals surface area contributed by atoms with E-state index < -0.39 is 59.5 Å². The molecule has 3 amide bonds. The zero-order chi connectivity index (χ0) is 36.3. The van der Waals surface area contributed by atoms with Crippen LogP contribution in [-0.2, 0) is 28.7 Å². The number of aryl methyl sites for hydroxylation is 2. The summed E-state index contributed by atoms with van der Waals surface area (Å²) in [6.45, 7) is 14.9. The maximum atomic E-state index is 15.0. The Morgan fingerprint density at radius 3 is 2.52 bits per heavy atom. The van der Waals surface area contributed by atoms with Gasteiger partial charge in [0.15, 0.2) is 0 Å². The highest BCUT2D eigenvalue weighted by molar-refractivity contribution is 9.09. The van der Waals surface area contributed by atoms with Gasteiger partial charge in [-0.15, -0.1) is 13.2 Å². The number of alkyl halides is 1. The highest BCUT2D eigenvalue weighted by Gasteiger charge is 2.77. The quantitative estimate of drug-likeness (QED) is 0.150. The molecule has 3 heterocycles. The lowest BCUT2D eigenvalue weighted by molar-refractivity contribution is -0.147. The van der Waals surface area contributed by atoms with Gasteiger partial charge in [-0.2, -0.15) is 0 Å². The molecule has 2 aromatic carbocycles. The summed E-state index contributed by atoms with van der Waals surface area (Å²) in [4.78, 5) is 59.5. The molecule has 0 saturated carbocycles. The van der Waals surface area contributed by atoms with Crippen LogP contribution in [0.15, 0.2) is 73.8 Å². The van der Waals surface area contributed by atoms with Crippen LogP contribution in [0.1, 0.15) is 55.8 Å². The summed E-state index contributed by atoms with van der Waals surface area (Å²) >= 11 is 3.75. The van der Waals surface area contributed by atoms with Gasteiger partial charge in [-0.1, -0.05) is 84.4 Å². The number of carbonyl (C=O) groups excluding carboxylic acids is 4. The molecule has 3 saturated heterocycles. The van der Waals surface area contributed by atoms with Gasteiger partial charge in [0.2, 0.25) is 11.8 Å². The molecular formula is C39H48BrN3O7. The minimum absolute atomic E-state index is 0.106. The average molecular weight is 751 g/mol. The fraction of sp³-hybridized carbons (Fsp3) is 0.487. The Labute approximate surface area is 303 Å². The van der Waals surface area contributed by atoms with Crippen molar-refractivity contribution in [3.8, 4) is 0 Å². The van der Waals surface area contributed by atoms with Crippen molar-refractivity contribution in [1.29, 1.82) is 0 Å². The molecule has 1 spiro atoms. The molecule has 0 aliphatic carbocycles. The second kappa shape index (κ2) is 15.6. The summed E-state index contributed by atoms with van der Waals surface area (Å²) < 4.78 is 12.3. The normalized spacial score (nSPS) is 26.3. The number of aliphatic hydroxyl groups is 1. The summed E-state index contributed by atoms with van der Waals surface area (Å²) in [7, 11) is 0. The standard InChI is InChI=1S/C39H48BrN3O7/c1-7-9-15-31(45)49-22-28(26-13-11-10-12-14-26)41-36(46)32-33-37(47)43(30(21-44)23(3)4)35(39(33)20-27(40)34(32)50-39)38(48)42(18-8-2)29-19-24(5)16-17-25(29)6/h7-8,10-14,16-17,19,23,27-28,30,32-35,44H,1-2,9,15,18,20-22H2,3-6H3,(H,41,46)/t27?,28-,30-,32+,33-,34+,35+,39-/m0/s1. The lowest BCUT2D eigenvalue weighted by Gasteiger charge is -2.40. The molecule has 3 aliphatic rings. The van der Waals surface area contributed by atoms with Crippen LogP contribution in [0.5, 0.6) is 0 Å². The molecule has 5 rings (SSSR count). The molecule has 50 heavy (non-hydrogen) atoms. The van der Waals surface area contributed by atoms with Crippen LogP contribution >= 0.6 is 15.9 Å². The first-order chi connectivity index (χ1) is 23.9. The van der Waals surface area contributed by atoms with Gasteiger partial charge >= 0.3 is 5.97 Å². The molecular weight excluding hydrogens is 702 g/mol. The number of ether oxygens (including phenoxy) is 2. The number of halogens is 1. The fourth-order valence-electron chi connectivity index (χ4n) is 7.86. The lowest BCUT2D eigenvalue weighted by atomic mass is 9.70. The van der Waals surface area contributed by atoms with E-state index in [4.69, 9.17) is 9.47 Å². The maximum absolute atomic E-state index is 15.0. The minimum Gasteiger partial charge on any atom is -0.463 e. The first-order valence-electron chi connectivity index (χ1n) is 17.3. The number of nitrogens with one attached hydrogen (secondary N) is 1. The average Bonchev–Trinajstić information content (AvgIpc) is 3.69. The van der Waals surface area contributed by atoms with Crippen LogP contribution in [0.25, 0.3) is 0 Å². The van der Waals surface area contributed by atoms with Crippen molar-refractivity contribution in [1.82, 2.24) is 10.2 Å². The number of carbonyl (C=O) groups is 4.